The fourth-order valence-electron chi connectivity index (χ4n) is 3.59. The van der Waals surface area contributed by atoms with E-state index in [0.29, 0.717) is 11.4 Å². The monoisotopic (exact) mass is 478 g/mol. The summed E-state index contributed by atoms with van der Waals surface area (Å²) < 4.78 is 31.2. The smallest absolute Gasteiger partial charge is 0.271 e. The van der Waals surface area contributed by atoms with Crippen LogP contribution >= 0.6 is 0 Å². The molecule has 0 bridgehead atoms. The molecule has 0 aliphatic heterocycles. The maximum Gasteiger partial charge on any atom is 0.271 e. The summed E-state index contributed by atoms with van der Waals surface area (Å²) in [7, 11) is -2.88. The Kier molecular flexibility index (Phi) is 5.89. The molecule has 8 nitrogen and oxygen atoms in total. The molecule has 0 fully saturated rings. The number of ether oxygens (including phenoxy) is 1. The van der Waals surface area contributed by atoms with E-state index >= 15 is 0 Å². The zero-order valence-electron chi connectivity index (χ0n) is 18.7. The second kappa shape index (κ2) is 8.68. The van der Waals surface area contributed by atoms with Crippen LogP contribution in [0.1, 0.15) is 21.5 Å². The Bertz CT molecular complexity index is 1590. The molecule has 0 spiro atoms. The molecule has 0 atom stereocenters. The summed E-state index contributed by atoms with van der Waals surface area (Å²) in [6.45, 7) is 3.78. The topological polar surface area (TPSA) is 126 Å². The Morgan fingerprint density at radius 3 is 2.38 bits per heavy atom. The van der Waals surface area contributed by atoms with Crippen LogP contribution in [0.25, 0.3) is 10.9 Å². The van der Waals surface area contributed by atoms with Gasteiger partial charge in [0.25, 0.3) is 11.5 Å². The molecule has 4 aromatic rings. The first-order valence-electron chi connectivity index (χ1n) is 10.3. The number of hydrogen-bond donors (Lipinski definition) is 3. The lowest BCUT2D eigenvalue weighted by Crippen LogP contribution is -2.19. The normalized spacial score (nSPS) is 11.4. The number of H-pyrrole nitrogens is 1. The Morgan fingerprint density at radius 1 is 1.00 bits per heavy atom. The van der Waals surface area contributed by atoms with E-state index in [4.69, 9.17) is 4.74 Å². The number of aryl methyl sites for hydroxylation is 2. The Labute approximate surface area is 195 Å². The van der Waals surface area contributed by atoms with Crippen LogP contribution in [0.2, 0.25) is 0 Å². The quantitative estimate of drug-likeness (QED) is 0.399. The van der Waals surface area contributed by atoms with E-state index in [1.54, 1.807) is 0 Å². The van der Waals surface area contributed by atoms with E-state index in [2.05, 4.69) is 10.3 Å². The predicted octanol–water partition coefficient (Wildman–Crippen LogP) is 3.94. The lowest BCUT2D eigenvalue weighted by molar-refractivity contribution is 0.102. The number of carbonyl (C=O) groups is 1. The van der Waals surface area contributed by atoms with Gasteiger partial charge in [-0.2, -0.15) is 0 Å². The molecule has 0 radical (unpaired) electrons. The summed E-state index contributed by atoms with van der Waals surface area (Å²) in [4.78, 5) is 27.1. The van der Waals surface area contributed by atoms with Crippen LogP contribution in [0, 0.1) is 13.8 Å². The van der Waals surface area contributed by atoms with Crippen molar-refractivity contribution < 1.29 is 23.1 Å². The number of aromatic nitrogens is 1. The fraction of sp³-hybridized carbons (Fsp3) is 0.120. The van der Waals surface area contributed by atoms with E-state index in [1.807, 2.05) is 32.0 Å². The minimum atomic E-state index is -4.32. The SMILES string of the molecule is COc1ccc(S(=O)(=O)c2c(O)c3ccc(C(=O)Nc4cc(C)ccc4C)cc3[nH]c2=O)cc1. The van der Waals surface area contributed by atoms with Crippen LogP contribution < -0.4 is 15.6 Å². The van der Waals surface area contributed by atoms with Crippen molar-refractivity contribution in [3.63, 3.8) is 0 Å². The molecule has 1 amide bonds. The third-order valence-electron chi connectivity index (χ3n) is 5.49. The summed E-state index contributed by atoms with van der Waals surface area (Å²) >= 11 is 0. The second-order valence-electron chi connectivity index (χ2n) is 7.84. The Balaban J connectivity index is 1.75. The van der Waals surface area contributed by atoms with E-state index < -0.39 is 31.9 Å². The van der Waals surface area contributed by atoms with Crippen LogP contribution in [-0.2, 0) is 9.84 Å². The van der Waals surface area contributed by atoms with Gasteiger partial charge in [-0.3, -0.25) is 9.59 Å². The predicted molar refractivity (Wildman–Crippen MR) is 129 cm³/mol. The van der Waals surface area contributed by atoms with Gasteiger partial charge >= 0.3 is 0 Å². The largest absolute Gasteiger partial charge is 0.506 e. The second-order valence-corrected chi connectivity index (χ2v) is 9.73. The van der Waals surface area contributed by atoms with Crippen molar-refractivity contribution in [3.8, 4) is 11.5 Å². The van der Waals surface area contributed by atoms with Crippen molar-refractivity contribution in [3.05, 3.63) is 87.7 Å². The van der Waals surface area contributed by atoms with Crippen LogP contribution in [0.15, 0.2) is 75.2 Å². The van der Waals surface area contributed by atoms with Gasteiger partial charge in [0.1, 0.15) is 11.5 Å². The highest BCUT2D eigenvalue weighted by atomic mass is 32.2. The highest BCUT2D eigenvalue weighted by Gasteiger charge is 2.27. The van der Waals surface area contributed by atoms with E-state index in [1.165, 1.54) is 49.6 Å². The molecule has 1 aromatic heterocycles. The van der Waals surface area contributed by atoms with Gasteiger partial charge in [-0.25, -0.2) is 8.42 Å². The minimum absolute atomic E-state index is 0.0926. The zero-order valence-corrected chi connectivity index (χ0v) is 19.5. The van der Waals surface area contributed by atoms with Crippen LogP contribution in [0.5, 0.6) is 11.5 Å². The fourth-order valence-corrected chi connectivity index (χ4v) is 4.98. The molecule has 174 valence electrons. The number of fused-ring (bicyclic) bond motifs is 1. The lowest BCUT2D eigenvalue weighted by atomic mass is 10.1. The van der Waals surface area contributed by atoms with Crippen molar-refractivity contribution in [1.29, 1.82) is 0 Å². The number of hydrogen-bond acceptors (Lipinski definition) is 6. The van der Waals surface area contributed by atoms with Crippen LogP contribution in [0.4, 0.5) is 5.69 Å². The molecule has 0 aliphatic rings. The van der Waals surface area contributed by atoms with Gasteiger partial charge in [-0.05, 0) is 73.5 Å². The molecule has 34 heavy (non-hydrogen) atoms. The molecule has 9 heteroatoms. The van der Waals surface area contributed by atoms with Gasteiger partial charge in [0, 0.05) is 16.6 Å². The maximum atomic E-state index is 13.1. The van der Waals surface area contributed by atoms with Gasteiger partial charge in [0.15, 0.2) is 4.90 Å². The third kappa shape index (κ3) is 4.13. The first kappa shape index (κ1) is 23.1. The van der Waals surface area contributed by atoms with Crippen molar-refractivity contribution in [1.82, 2.24) is 4.98 Å². The average molecular weight is 479 g/mol. The molecule has 0 saturated heterocycles. The molecule has 3 N–H and O–H groups in total. The highest BCUT2D eigenvalue weighted by molar-refractivity contribution is 7.91. The van der Waals surface area contributed by atoms with Crippen molar-refractivity contribution in [2.75, 3.05) is 12.4 Å². The molecule has 0 saturated carbocycles. The number of sulfone groups is 1. The molecule has 0 aliphatic carbocycles. The van der Waals surface area contributed by atoms with Gasteiger partial charge < -0.3 is 20.1 Å². The standard InChI is InChI=1S/C25H22N2O6S/c1-14-4-5-15(2)20(12-14)26-24(29)16-6-11-19-21(13-16)27-25(30)23(22(19)28)34(31,32)18-9-7-17(33-3)8-10-18/h4-13H,1-3H3,(H,26,29)(H2,27,28,30). The average Bonchev–Trinajstić information content (AvgIpc) is 2.81. The number of aromatic amines is 1. The van der Waals surface area contributed by atoms with Gasteiger partial charge in [-0.15, -0.1) is 0 Å². The number of carbonyl (C=O) groups excluding carboxylic acids is 1. The number of aromatic hydroxyl groups is 1. The van der Waals surface area contributed by atoms with Crippen LogP contribution in [0.3, 0.4) is 0 Å². The molecular formula is C25H22N2O6S. The summed E-state index contributed by atoms with van der Waals surface area (Å²) in [5, 5.41) is 13.7. The zero-order chi connectivity index (χ0) is 24.6. The number of anilines is 1. The maximum absolute atomic E-state index is 13.1. The Hall–Kier alpha value is -4.11. The highest BCUT2D eigenvalue weighted by Crippen LogP contribution is 2.32. The lowest BCUT2D eigenvalue weighted by Gasteiger charge is -2.12. The van der Waals surface area contributed by atoms with Crippen molar-refractivity contribution >= 4 is 32.3 Å². The number of benzene rings is 3. The summed E-state index contributed by atoms with van der Waals surface area (Å²) in [6, 6.07) is 15.4. The summed E-state index contributed by atoms with van der Waals surface area (Å²) in [5.74, 6) is -0.649. The third-order valence-corrected chi connectivity index (χ3v) is 7.30. The van der Waals surface area contributed by atoms with Crippen LogP contribution in [-0.4, -0.2) is 31.5 Å². The van der Waals surface area contributed by atoms with E-state index in [-0.39, 0.29) is 21.4 Å². The molecule has 3 aromatic carbocycles. The number of pyridine rings is 1. The summed E-state index contributed by atoms with van der Waals surface area (Å²) in [5.41, 5.74) is 1.90. The van der Waals surface area contributed by atoms with E-state index in [9.17, 15) is 23.1 Å². The first-order chi connectivity index (χ1) is 16.1. The Morgan fingerprint density at radius 2 is 1.71 bits per heavy atom. The molecular weight excluding hydrogens is 456 g/mol. The van der Waals surface area contributed by atoms with Crippen molar-refractivity contribution in [2.45, 2.75) is 23.6 Å². The summed E-state index contributed by atoms with van der Waals surface area (Å²) in [6.07, 6.45) is 0. The molecule has 4 rings (SSSR count). The number of amides is 1. The first-order valence-corrected chi connectivity index (χ1v) is 11.8. The van der Waals surface area contributed by atoms with Gasteiger partial charge in [-0.1, -0.05) is 12.1 Å². The number of rotatable bonds is 5. The minimum Gasteiger partial charge on any atom is -0.506 e. The molecule has 1 heterocycles. The number of methoxy groups -OCH3 is 1. The van der Waals surface area contributed by atoms with Gasteiger partial charge in [0.05, 0.1) is 17.5 Å². The number of nitrogens with one attached hydrogen (secondary N) is 2. The van der Waals surface area contributed by atoms with Gasteiger partial charge in [0.2, 0.25) is 9.84 Å². The molecule has 0 unspecified atom stereocenters. The van der Waals surface area contributed by atoms with E-state index in [0.717, 1.165) is 11.1 Å². The van der Waals surface area contributed by atoms with Crippen molar-refractivity contribution in [2.24, 2.45) is 0 Å².